The van der Waals surface area contributed by atoms with E-state index < -0.39 is 5.09 Å². The van der Waals surface area contributed by atoms with Gasteiger partial charge in [0, 0.05) is 32.0 Å². The predicted molar refractivity (Wildman–Crippen MR) is 109 cm³/mol. The zero-order chi connectivity index (χ0) is 21.2. The molecule has 0 radical (unpaired) electrons. The molecule has 1 aliphatic carbocycles. The third kappa shape index (κ3) is 6.73. The van der Waals surface area contributed by atoms with Crippen LogP contribution in [0.5, 0.6) is 0 Å². The largest absolute Gasteiger partial charge is 0.356 e. The Morgan fingerprint density at radius 1 is 1.14 bits per heavy atom. The first-order chi connectivity index (χ1) is 14.0. The van der Waals surface area contributed by atoms with E-state index >= 15 is 0 Å². The van der Waals surface area contributed by atoms with Crippen LogP contribution in [0.3, 0.4) is 0 Å². The van der Waals surface area contributed by atoms with Crippen LogP contribution in [-0.2, 0) is 14.4 Å². The van der Waals surface area contributed by atoms with E-state index in [0.717, 1.165) is 5.56 Å². The van der Waals surface area contributed by atoms with E-state index in [2.05, 4.69) is 10.2 Å². The standard InChI is InChI=1S/C21H31N3O5/c1-3-23(4-2)21(26)20-17(19(20)16-11-7-5-8-12-16)15-22-18(25)13-9-6-10-14-29-24(27)28/h5,7-8,11-12,17,19-20H,3-4,6,9-10,13-15H2,1-2H3,(H,22,25)/t17-,19?,20-/m0/s1. The zero-order valence-corrected chi connectivity index (χ0v) is 17.2. The fourth-order valence-electron chi connectivity index (χ4n) is 3.86. The first kappa shape index (κ1) is 22.6. The Labute approximate surface area is 171 Å². The molecule has 8 heteroatoms. The van der Waals surface area contributed by atoms with E-state index in [1.54, 1.807) is 0 Å². The predicted octanol–water partition coefficient (Wildman–Crippen LogP) is 2.77. The Bertz CT molecular complexity index is 678. The normalized spacial score (nSPS) is 20.0. The molecule has 1 fully saturated rings. The van der Waals surface area contributed by atoms with E-state index in [9.17, 15) is 19.7 Å². The lowest BCUT2D eigenvalue weighted by Gasteiger charge is -2.19. The highest BCUT2D eigenvalue weighted by molar-refractivity contribution is 5.84. The number of carbonyl (C=O) groups is 2. The smallest absolute Gasteiger partial charge is 0.294 e. The molecule has 1 N–H and O–H groups in total. The molecule has 0 bridgehead atoms. The van der Waals surface area contributed by atoms with Crippen molar-refractivity contribution >= 4 is 11.8 Å². The molecule has 160 valence electrons. The summed E-state index contributed by atoms with van der Waals surface area (Å²) in [6.07, 6.45) is 2.27. The molecule has 29 heavy (non-hydrogen) atoms. The van der Waals surface area contributed by atoms with Crippen molar-refractivity contribution < 1.29 is 19.5 Å². The molecule has 2 rings (SSSR count). The van der Waals surface area contributed by atoms with Crippen LogP contribution >= 0.6 is 0 Å². The average Bonchev–Trinajstić information content (AvgIpc) is 3.44. The van der Waals surface area contributed by atoms with E-state index in [4.69, 9.17) is 0 Å². The number of nitrogens with one attached hydrogen (secondary N) is 1. The maximum absolute atomic E-state index is 12.9. The van der Waals surface area contributed by atoms with E-state index in [1.807, 2.05) is 49.1 Å². The molecule has 0 aliphatic heterocycles. The molecule has 1 aliphatic rings. The van der Waals surface area contributed by atoms with Crippen molar-refractivity contribution in [3.8, 4) is 0 Å². The summed E-state index contributed by atoms with van der Waals surface area (Å²) in [7, 11) is 0. The Morgan fingerprint density at radius 3 is 2.45 bits per heavy atom. The van der Waals surface area contributed by atoms with Gasteiger partial charge in [-0.15, -0.1) is 10.1 Å². The highest BCUT2D eigenvalue weighted by atomic mass is 16.9. The summed E-state index contributed by atoms with van der Waals surface area (Å²) in [5, 5.41) is 12.2. The minimum Gasteiger partial charge on any atom is -0.356 e. The maximum atomic E-state index is 12.9. The molecule has 0 aromatic heterocycles. The number of carbonyl (C=O) groups excluding carboxylic acids is 2. The minimum atomic E-state index is -0.804. The third-order valence-electron chi connectivity index (χ3n) is 5.49. The molecule has 1 saturated carbocycles. The first-order valence-corrected chi connectivity index (χ1v) is 10.4. The van der Waals surface area contributed by atoms with Gasteiger partial charge in [-0.1, -0.05) is 36.8 Å². The summed E-state index contributed by atoms with van der Waals surface area (Å²) in [5.74, 6) is 0.283. The first-order valence-electron chi connectivity index (χ1n) is 10.4. The Morgan fingerprint density at radius 2 is 1.83 bits per heavy atom. The van der Waals surface area contributed by atoms with Crippen LogP contribution in [0.4, 0.5) is 0 Å². The van der Waals surface area contributed by atoms with Gasteiger partial charge < -0.3 is 15.1 Å². The molecule has 1 unspecified atom stereocenters. The van der Waals surface area contributed by atoms with Crippen molar-refractivity contribution in [2.75, 3.05) is 26.2 Å². The Balaban J connectivity index is 1.81. The van der Waals surface area contributed by atoms with Gasteiger partial charge in [-0.05, 0) is 38.2 Å². The highest BCUT2D eigenvalue weighted by Gasteiger charge is 2.55. The van der Waals surface area contributed by atoms with Gasteiger partial charge in [0.1, 0.15) is 0 Å². The van der Waals surface area contributed by atoms with Gasteiger partial charge in [0.15, 0.2) is 0 Å². The molecule has 0 heterocycles. The van der Waals surface area contributed by atoms with Crippen LogP contribution in [0.25, 0.3) is 0 Å². The van der Waals surface area contributed by atoms with Crippen molar-refractivity contribution in [1.82, 2.24) is 10.2 Å². The molecule has 1 aromatic rings. The van der Waals surface area contributed by atoms with Crippen molar-refractivity contribution in [3.05, 3.63) is 46.0 Å². The van der Waals surface area contributed by atoms with Gasteiger partial charge in [0.2, 0.25) is 11.8 Å². The number of benzene rings is 1. The molecule has 0 spiro atoms. The van der Waals surface area contributed by atoms with Gasteiger partial charge >= 0.3 is 0 Å². The molecular weight excluding hydrogens is 374 g/mol. The number of hydrogen-bond donors (Lipinski definition) is 1. The second-order valence-corrected chi connectivity index (χ2v) is 7.31. The van der Waals surface area contributed by atoms with Crippen molar-refractivity contribution in [1.29, 1.82) is 0 Å². The summed E-state index contributed by atoms with van der Waals surface area (Å²) < 4.78 is 0. The topological polar surface area (TPSA) is 102 Å². The molecule has 8 nitrogen and oxygen atoms in total. The Kier molecular flexibility index (Phi) is 8.89. The number of rotatable bonds is 13. The lowest BCUT2D eigenvalue weighted by atomic mass is 10.1. The summed E-state index contributed by atoms with van der Waals surface area (Å²) in [4.78, 5) is 41.2. The lowest BCUT2D eigenvalue weighted by Crippen LogP contribution is -2.33. The molecule has 0 saturated heterocycles. The van der Waals surface area contributed by atoms with E-state index in [-0.39, 0.29) is 36.2 Å². The quantitative estimate of drug-likeness (QED) is 0.309. The van der Waals surface area contributed by atoms with Gasteiger partial charge in [0.05, 0.1) is 12.5 Å². The van der Waals surface area contributed by atoms with E-state index in [1.165, 1.54) is 0 Å². The summed E-state index contributed by atoms with van der Waals surface area (Å²) >= 11 is 0. The summed E-state index contributed by atoms with van der Waals surface area (Å²) in [6.45, 7) is 5.88. The third-order valence-corrected chi connectivity index (χ3v) is 5.49. The maximum Gasteiger partial charge on any atom is 0.294 e. The second-order valence-electron chi connectivity index (χ2n) is 7.31. The van der Waals surface area contributed by atoms with Crippen LogP contribution in [-0.4, -0.2) is 48.0 Å². The molecule has 1 aromatic carbocycles. The second kappa shape index (κ2) is 11.4. The minimum absolute atomic E-state index is 0.0482. The summed E-state index contributed by atoms with van der Waals surface area (Å²) in [5.41, 5.74) is 1.14. The van der Waals surface area contributed by atoms with Crippen molar-refractivity contribution in [2.24, 2.45) is 11.8 Å². The molecule has 2 amide bonds. The van der Waals surface area contributed by atoms with E-state index in [0.29, 0.717) is 45.3 Å². The number of unbranched alkanes of at least 4 members (excludes halogenated alkanes) is 2. The van der Waals surface area contributed by atoms with Crippen LogP contribution in [0.2, 0.25) is 0 Å². The fraction of sp³-hybridized carbons (Fsp3) is 0.619. The van der Waals surface area contributed by atoms with Crippen LogP contribution < -0.4 is 5.32 Å². The van der Waals surface area contributed by atoms with Gasteiger partial charge in [-0.3, -0.25) is 9.59 Å². The van der Waals surface area contributed by atoms with Gasteiger partial charge in [-0.2, -0.15) is 0 Å². The molecule has 3 atom stereocenters. The van der Waals surface area contributed by atoms with Crippen LogP contribution in [0.1, 0.15) is 51.0 Å². The SMILES string of the molecule is CCN(CC)C(=O)[C@@H]1C(c2ccccc2)[C@@H]1CNC(=O)CCCCCO[N+](=O)[O-]. The van der Waals surface area contributed by atoms with Crippen LogP contribution in [0.15, 0.2) is 30.3 Å². The van der Waals surface area contributed by atoms with Crippen molar-refractivity contribution in [2.45, 2.75) is 45.4 Å². The Hall–Kier alpha value is -2.64. The van der Waals surface area contributed by atoms with Crippen LogP contribution in [0, 0.1) is 22.0 Å². The molecular formula is C21H31N3O5. The fourth-order valence-corrected chi connectivity index (χ4v) is 3.86. The zero-order valence-electron chi connectivity index (χ0n) is 17.2. The highest BCUT2D eigenvalue weighted by Crippen LogP contribution is 2.54. The monoisotopic (exact) mass is 405 g/mol. The average molecular weight is 405 g/mol. The number of amides is 2. The van der Waals surface area contributed by atoms with Gasteiger partial charge in [-0.25, -0.2) is 0 Å². The van der Waals surface area contributed by atoms with Crippen molar-refractivity contribution in [3.63, 3.8) is 0 Å². The van der Waals surface area contributed by atoms with Gasteiger partial charge in [0.25, 0.3) is 5.09 Å². The number of hydrogen-bond acceptors (Lipinski definition) is 5. The number of nitrogens with zero attached hydrogens (tertiary/aromatic N) is 2. The summed E-state index contributed by atoms with van der Waals surface area (Å²) in [6, 6.07) is 10.0. The lowest BCUT2D eigenvalue weighted by molar-refractivity contribution is -0.757.